The van der Waals surface area contributed by atoms with Gasteiger partial charge in [-0.15, -0.1) is 0 Å². The van der Waals surface area contributed by atoms with Gasteiger partial charge in [0.15, 0.2) is 5.69 Å². The van der Waals surface area contributed by atoms with E-state index in [1.54, 1.807) is 25.1 Å². The molecule has 0 fully saturated rings. The zero-order chi connectivity index (χ0) is 13.8. The van der Waals surface area contributed by atoms with Crippen molar-refractivity contribution in [3.05, 3.63) is 53.2 Å². The summed E-state index contributed by atoms with van der Waals surface area (Å²) in [7, 11) is 0. The molecule has 0 saturated carbocycles. The largest absolute Gasteiger partial charge is 0.361 e. The predicted octanol–water partition coefficient (Wildman–Crippen LogP) is 2.48. The van der Waals surface area contributed by atoms with Gasteiger partial charge in [0, 0.05) is 12.1 Å². The number of nitrogens with zero attached hydrogens (tertiary/aromatic N) is 1. The van der Waals surface area contributed by atoms with E-state index in [9.17, 15) is 9.18 Å². The summed E-state index contributed by atoms with van der Waals surface area (Å²) in [5.41, 5.74) is 1.23. The molecular weight excluding hydrogens is 247 g/mol. The van der Waals surface area contributed by atoms with Crippen molar-refractivity contribution in [1.82, 2.24) is 10.5 Å². The summed E-state index contributed by atoms with van der Waals surface area (Å²) in [5, 5.41) is 6.47. The molecule has 1 unspecified atom stereocenters. The lowest BCUT2D eigenvalue weighted by atomic mass is 10.1. The summed E-state index contributed by atoms with van der Waals surface area (Å²) >= 11 is 0. The number of halogens is 1. The molecule has 1 N–H and O–H groups in total. The summed E-state index contributed by atoms with van der Waals surface area (Å²) in [4.78, 5) is 11.8. The van der Waals surface area contributed by atoms with E-state index in [4.69, 9.17) is 4.52 Å². The van der Waals surface area contributed by atoms with Crippen LogP contribution in [0, 0.1) is 12.7 Å². The van der Waals surface area contributed by atoms with Crippen LogP contribution in [0.2, 0.25) is 0 Å². The second-order valence-electron chi connectivity index (χ2n) is 4.53. The molecule has 0 aliphatic rings. The van der Waals surface area contributed by atoms with Crippen molar-refractivity contribution in [2.24, 2.45) is 0 Å². The van der Waals surface area contributed by atoms with Crippen molar-refractivity contribution in [3.63, 3.8) is 0 Å². The van der Waals surface area contributed by atoms with E-state index in [-0.39, 0.29) is 23.5 Å². The van der Waals surface area contributed by atoms with Crippen molar-refractivity contribution < 1.29 is 13.7 Å². The molecule has 0 spiro atoms. The minimum absolute atomic E-state index is 0.0741. The fraction of sp³-hybridized carbons (Fsp3) is 0.286. The molecule has 0 aliphatic heterocycles. The van der Waals surface area contributed by atoms with Crippen LogP contribution >= 0.6 is 0 Å². The van der Waals surface area contributed by atoms with Gasteiger partial charge in [0.1, 0.15) is 11.6 Å². The minimum atomic E-state index is -0.272. The fourth-order valence-corrected chi connectivity index (χ4v) is 1.80. The van der Waals surface area contributed by atoms with Crippen LogP contribution in [-0.2, 0) is 6.42 Å². The first kappa shape index (κ1) is 13.3. The first-order valence-electron chi connectivity index (χ1n) is 6.03. The molecular formula is C14H15FN2O2. The van der Waals surface area contributed by atoms with Crippen molar-refractivity contribution >= 4 is 5.91 Å². The van der Waals surface area contributed by atoms with Gasteiger partial charge in [0.2, 0.25) is 0 Å². The highest BCUT2D eigenvalue weighted by Crippen LogP contribution is 2.07. The molecule has 0 aliphatic carbocycles. The molecule has 4 nitrogen and oxygen atoms in total. The lowest BCUT2D eigenvalue weighted by Gasteiger charge is -2.12. The van der Waals surface area contributed by atoms with Crippen LogP contribution in [0.5, 0.6) is 0 Å². The van der Waals surface area contributed by atoms with Crippen LogP contribution in [0.4, 0.5) is 4.39 Å². The molecule has 2 aromatic rings. The monoisotopic (exact) mass is 262 g/mol. The first-order valence-corrected chi connectivity index (χ1v) is 6.03. The Balaban J connectivity index is 1.92. The number of carbonyl (C=O) groups is 1. The normalized spacial score (nSPS) is 12.2. The van der Waals surface area contributed by atoms with Gasteiger partial charge in [0.25, 0.3) is 5.91 Å². The Hall–Kier alpha value is -2.17. The standard InChI is InChI=1S/C14H15FN2O2/c1-9(7-11-3-5-12(15)6-4-11)16-14(18)13-8-10(2)19-17-13/h3-6,8-9H,7H2,1-2H3,(H,16,18). The van der Waals surface area contributed by atoms with Crippen LogP contribution in [0.3, 0.4) is 0 Å². The highest BCUT2D eigenvalue weighted by molar-refractivity contribution is 5.92. The van der Waals surface area contributed by atoms with Gasteiger partial charge in [-0.25, -0.2) is 4.39 Å². The Kier molecular flexibility index (Phi) is 3.94. The van der Waals surface area contributed by atoms with Crippen molar-refractivity contribution in [2.45, 2.75) is 26.3 Å². The molecule has 0 bridgehead atoms. The number of aryl methyl sites for hydroxylation is 1. The number of carbonyl (C=O) groups excluding carboxylic acids is 1. The summed E-state index contributed by atoms with van der Waals surface area (Å²) in [6, 6.07) is 7.74. The highest BCUT2D eigenvalue weighted by Gasteiger charge is 2.13. The third-order valence-electron chi connectivity index (χ3n) is 2.69. The van der Waals surface area contributed by atoms with Crippen LogP contribution in [0.1, 0.15) is 28.7 Å². The molecule has 2 rings (SSSR count). The van der Waals surface area contributed by atoms with Gasteiger partial charge in [0.05, 0.1) is 0 Å². The molecule has 0 saturated heterocycles. The van der Waals surface area contributed by atoms with Gasteiger partial charge < -0.3 is 9.84 Å². The van der Waals surface area contributed by atoms with Gasteiger partial charge in [-0.2, -0.15) is 0 Å². The van der Waals surface area contributed by atoms with E-state index < -0.39 is 0 Å². The molecule has 1 aromatic carbocycles. The first-order chi connectivity index (χ1) is 9.04. The van der Waals surface area contributed by atoms with Crippen molar-refractivity contribution in [2.75, 3.05) is 0 Å². The van der Waals surface area contributed by atoms with Crippen LogP contribution in [0.25, 0.3) is 0 Å². The van der Waals surface area contributed by atoms with Crippen LogP contribution < -0.4 is 5.32 Å². The molecule has 5 heteroatoms. The average Bonchev–Trinajstić information content (AvgIpc) is 2.79. The van der Waals surface area contributed by atoms with Gasteiger partial charge in [-0.1, -0.05) is 17.3 Å². The SMILES string of the molecule is Cc1cc(C(=O)NC(C)Cc2ccc(F)cc2)no1. The fourth-order valence-electron chi connectivity index (χ4n) is 1.80. The Morgan fingerprint density at radius 2 is 2.11 bits per heavy atom. The summed E-state index contributed by atoms with van der Waals surface area (Å²) in [6.07, 6.45) is 0.628. The second kappa shape index (κ2) is 5.65. The lowest BCUT2D eigenvalue weighted by molar-refractivity contribution is 0.0931. The molecule has 1 amide bonds. The summed E-state index contributed by atoms with van der Waals surface area (Å²) in [6.45, 7) is 3.61. The predicted molar refractivity (Wildman–Crippen MR) is 68.3 cm³/mol. The van der Waals surface area contributed by atoms with Crippen molar-refractivity contribution in [1.29, 1.82) is 0 Å². The highest BCUT2D eigenvalue weighted by atomic mass is 19.1. The maximum atomic E-state index is 12.8. The van der Waals surface area contributed by atoms with E-state index >= 15 is 0 Å². The third kappa shape index (κ3) is 3.64. The van der Waals surface area contributed by atoms with Gasteiger partial charge in [-0.05, 0) is 38.0 Å². The molecule has 1 heterocycles. The van der Waals surface area contributed by atoms with Gasteiger partial charge >= 0.3 is 0 Å². The number of rotatable bonds is 4. The van der Waals surface area contributed by atoms with Crippen LogP contribution in [-0.4, -0.2) is 17.1 Å². The van der Waals surface area contributed by atoms with Gasteiger partial charge in [-0.3, -0.25) is 4.79 Å². The minimum Gasteiger partial charge on any atom is -0.361 e. The van der Waals surface area contributed by atoms with E-state index in [0.717, 1.165) is 5.56 Å². The lowest BCUT2D eigenvalue weighted by Crippen LogP contribution is -2.34. The summed E-state index contributed by atoms with van der Waals surface area (Å²) < 4.78 is 17.6. The number of hydrogen-bond donors (Lipinski definition) is 1. The smallest absolute Gasteiger partial charge is 0.273 e. The Morgan fingerprint density at radius 3 is 2.68 bits per heavy atom. The number of benzene rings is 1. The molecule has 19 heavy (non-hydrogen) atoms. The van der Waals surface area contributed by atoms with E-state index in [1.165, 1.54) is 12.1 Å². The third-order valence-corrected chi connectivity index (χ3v) is 2.69. The molecule has 0 radical (unpaired) electrons. The zero-order valence-corrected chi connectivity index (χ0v) is 10.8. The molecule has 1 aromatic heterocycles. The number of aromatic nitrogens is 1. The molecule has 100 valence electrons. The number of nitrogens with one attached hydrogen (secondary N) is 1. The Morgan fingerprint density at radius 1 is 1.42 bits per heavy atom. The Bertz CT molecular complexity index is 563. The van der Waals surface area contributed by atoms with Crippen LogP contribution in [0.15, 0.2) is 34.9 Å². The maximum Gasteiger partial charge on any atom is 0.273 e. The average molecular weight is 262 g/mol. The Labute approximate surface area is 110 Å². The summed E-state index contributed by atoms with van der Waals surface area (Å²) in [5.74, 6) is 0.0568. The second-order valence-corrected chi connectivity index (χ2v) is 4.53. The number of amides is 1. The van der Waals surface area contributed by atoms with E-state index in [2.05, 4.69) is 10.5 Å². The quantitative estimate of drug-likeness (QED) is 0.921. The van der Waals surface area contributed by atoms with E-state index in [0.29, 0.717) is 12.2 Å². The zero-order valence-electron chi connectivity index (χ0n) is 10.8. The maximum absolute atomic E-state index is 12.8. The topological polar surface area (TPSA) is 55.1 Å². The van der Waals surface area contributed by atoms with Crippen molar-refractivity contribution in [3.8, 4) is 0 Å². The number of hydrogen-bond acceptors (Lipinski definition) is 3. The molecule has 1 atom stereocenters. The van der Waals surface area contributed by atoms with E-state index in [1.807, 2.05) is 6.92 Å².